The molecule has 178 valence electrons. The van der Waals surface area contributed by atoms with E-state index in [1.165, 1.54) is 96.4 Å². The van der Waals surface area contributed by atoms with Gasteiger partial charge in [0.25, 0.3) is 0 Å². The highest BCUT2D eigenvalue weighted by molar-refractivity contribution is 5.72. The molecular weight excluding hydrogens is 384 g/mol. The Morgan fingerprint density at radius 2 is 1.07 bits per heavy atom. The topological polar surface area (TPSA) is 40.5 Å². The normalized spacial score (nSPS) is 12.1. The van der Waals surface area contributed by atoms with E-state index in [9.17, 15) is 4.79 Å². The Kier molecular flexibility index (Phi) is 25.7. The van der Waals surface area contributed by atoms with Crippen molar-refractivity contribution in [1.82, 2.24) is 4.90 Å². The number of unbranched alkanes of at least 4 members (excludes halogenated alkanes) is 13. The summed E-state index contributed by atoms with van der Waals surface area (Å²) >= 11 is 0. The van der Waals surface area contributed by atoms with Crippen molar-refractivity contribution in [2.75, 3.05) is 41.8 Å². The highest BCUT2D eigenvalue weighted by atomic mass is 35.5. The molecule has 29 heavy (non-hydrogen) atoms. The monoisotopic (exact) mass is 436 g/mol. The van der Waals surface area contributed by atoms with Crippen molar-refractivity contribution >= 4 is 5.97 Å². The first-order chi connectivity index (χ1) is 13.1. The molecule has 0 aromatic rings. The van der Waals surface area contributed by atoms with Crippen LogP contribution in [0.4, 0.5) is 0 Å². The van der Waals surface area contributed by atoms with Gasteiger partial charge in [0.05, 0.1) is 27.7 Å². The molecule has 0 heterocycles. The van der Waals surface area contributed by atoms with Crippen LogP contribution in [0, 0.1) is 0 Å². The number of aliphatic carboxylic acids is 1. The summed E-state index contributed by atoms with van der Waals surface area (Å²) in [5, 5.41) is 8.31. The number of likely N-dealkylation sites (N-methyl/N-ethyl adjacent to an activating group) is 1. The number of hydrogen-bond acceptors (Lipinski definition) is 2. The maximum absolute atomic E-state index is 10.1. The molecule has 0 amide bonds. The van der Waals surface area contributed by atoms with Crippen molar-refractivity contribution in [1.29, 1.82) is 0 Å². The van der Waals surface area contributed by atoms with Gasteiger partial charge in [0.2, 0.25) is 0 Å². The minimum absolute atomic E-state index is 0. The van der Waals surface area contributed by atoms with E-state index < -0.39 is 5.97 Å². The molecule has 0 saturated heterocycles. The minimum atomic E-state index is -0.782. The number of carbonyl (C=O) groups is 1. The molecule has 0 rings (SSSR count). The van der Waals surface area contributed by atoms with Gasteiger partial charge in [0.15, 0.2) is 0 Å². The van der Waals surface area contributed by atoms with E-state index in [4.69, 9.17) is 5.11 Å². The molecule has 0 saturated carbocycles. The first-order valence-electron chi connectivity index (χ1n) is 11.8. The summed E-state index contributed by atoms with van der Waals surface area (Å²) < 4.78 is 1.12. The van der Waals surface area contributed by atoms with Gasteiger partial charge in [-0.3, -0.25) is 9.69 Å². The van der Waals surface area contributed by atoms with Crippen LogP contribution in [0.25, 0.3) is 0 Å². The summed E-state index contributed by atoms with van der Waals surface area (Å²) in [4.78, 5) is 11.7. The third-order valence-electron chi connectivity index (χ3n) is 5.31. The van der Waals surface area contributed by atoms with Gasteiger partial charge >= 0.3 is 5.97 Å². The van der Waals surface area contributed by atoms with Crippen LogP contribution in [0.2, 0.25) is 0 Å². The van der Waals surface area contributed by atoms with Crippen LogP contribution in [-0.4, -0.2) is 68.3 Å². The Labute approximate surface area is 189 Å². The largest absolute Gasteiger partial charge is 1.00 e. The lowest BCUT2D eigenvalue weighted by Gasteiger charge is -2.23. The maximum atomic E-state index is 10.1. The Hall–Kier alpha value is -0.320. The lowest BCUT2D eigenvalue weighted by molar-refractivity contribution is -0.870. The van der Waals surface area contributed by atoms with Crippen molar-refractivity contribution < 1.29 is 26.8 Å². The minimum Gasteiger partial charge on any atom is -1.00 e. The predicted octanol–water partition coefficient (Wildman–Crippen LogP) is 3.20. The Balaban J connectivity index is -0.000000636. The van der Waals surface area contributed by atoms with Crippen LogP contribution in [0.3, 0.4) is 0 Å². The number of halogens is 1. The molecule has 0 fully saturated rings. The highest BCUT2D eigenvalue weighted by Gasteiger charge is 2.11. The van der Waals surface area contributed by atoms with Crippen molar-refractivity contribution in [2.24, 2.45) is 0 Å². The average molecular weight is 437 g/mol. The van der Waals surface area contributed by atoms with Gasteiger partial charge in [-0.1, -0.05) is 84.0 Å². The van der Waals surface area contributed by atoms with Crippen LogP contribution in [0.5, 0.6) is 0 Å². The second-order valence-corrected chi connectivity index (χ2v) is 9.59. The van der Waals surface area contributed by atoms with Crippen molar-refractivity contribution in [3.63, 3.8) is 0 Å². The smallest absolute Gasteiger partial charge is 0.320 e. The van der Waals surface area contributed by atoms with Crippen molar-refractivity contribution in [3.05, 3.63) is 0 Å². The van der Waals surface area contributed by atoms with Gasteiger partial charge in [-0.25, -0.2) is 0 Å². The third-order valence-corrected chi connectivity index (χ3v) is 5.31. The van der Waals surface area contributed by atoms with E-state index in [1.807, 2.05) is 0 Å². The summed E-state index contributed by atoms with van der Waals surface area (Å²) in [5.74, 6) is -0.782. The number of rotatable bonds is 17. The van der Waals surface area contributed by atoms with E-state index in [-0.39, 0.29) is 18.4 Å². The van der Waals surface area contributed by atoms with Crippen molar-refractivity contribution in [3.8, 4) is 0 Å². The second-order valence-electron chi connectivity index (χ2n) is 9.59. The van der Waals surface area contributed by atoms with E-state index in [0.29, 0.717) is 0 Å². The fourth-order valence-corrected chi connectivity index (χ4v) is 3.00. The molecule has 0 radical (unpaired) electrons. The van der Waals surface area contributed by atoms with E-state index in [0.717, 1.165) is 4.48 Å². The fraction of sp³-hybridized carbons (Fsp3) is 0.958. The van der Waals surface area contributed by atoms with E-state index >= 15 is 0 Å². The molecule has 0 aliphatic rings. The molecule has 5 heteroatoms. The molecule has 0 aliphatic carbocycles. The van der Waals surface area contributed by atoms with Crippen LogP contribution >= 0.6 is 0 Å². The average Bonchev–Trinajstić information content (AvgIpc) is 2.60. The standard InChI is InChI=1S/C19H42N.C5H11NO2.ClH/c1-5-6-7-8-9-10-11-12-13-14-15-16-17-18-19-20(2,3)4;1-4(5(7)8)6(2)3;/h5-19H2,1-4H3;4H,1-3H3,(H,7,8);1H/q+1;;/p-1. The third kappa shape index (κ3) is 30.0. The summed E-state index contributed by atoms with van der Waals surface area (Å²) in [6, 6.07) is -0.380. The molecule has 1 N–H and O–H groups in total. The summed E-state index contributed by atoms with van der Waals surface area (Å²) in [7, 11) is 10.4. The van der Waals surface area contributed by atoms with Gasteiger partial charge in [0.1, 0.15) is 6.04 Å². The maximum Gasteiger partial charge on any atom is 0.320 e. The molecule has 0 aliphatic heterocycles. The van der Waals surface area contributed by atoms with Gasteiger partial charge < -0.3 is 22.0 Å². The number of hydrogen-bond donors (Lipinski definition) is 1. The Morgan fingerprint density at radius 1 is 0.759 bits per heavy atom. The van der Waals surface area contributed by atoms with Crippen LogP contribution in [-0.2, 0) is 4.79 Å². The molecule has 4 nitrogen and oxygen atoms in total. The molecular formula is C24H53ClN2O2. The quantitative estimate of drug-likeness (QED) is 0.281. The van der Waals surface area contributed by atoms with E-state index in [1.54, 1.807) is 25.9 Å². The lowest BCUT2D eigenvalue weighted by Crippen LogP contribution is -3.00. The zero-order chi connectivity index (χ0) is 21.8. The first kappa shape index (κ1) is 33.3. The molecule has 0 aromatic carbocycles. The van der Waals surface area contributed by atoms with Gasteiger partial charge in [-0.15, -0.1) is 0 Å². The molecule has 1 atom stereocenters. The number of carboxylic acid groups (broad SMARTS) is 1. The van der Waals surface area contributed by atoms with E-state index in [2.05, 4.69) is 28.1 Å². The first-order valence-corrected chi connectivity index (χ1v) is 11.8. The van der Waals surface area contributed by atoms with Crippen LogP contribution in [0.15, 0.2) is 0 Å². The summed E-state index contributed by atoms with van der Waals surface area (Å²) in [5.41, 5.74) is 0. The number of quaternary nitrogens is 1. The van der Waals surface area contributed by atoms with Crippen LogP contribution in [0.1, 0.15) is 104 Å². The highest BCUT2D eigenvalue weighted by Crippen LogP contribution is 2.13. The zero-order valence-corrected chi connectivity index (χ0v) is 21.6. The SMILES string of the molecule is CC(C(=O)O)N(C)C.CCCCCCCCCCCCCCCC[N+](C)(C)C.[Cl-]. The Morgan fingerprint density at radius 3 is 1.28 bits per heavy atom. The van der Waals surface area contributed by atoms with Gasteiger partial charge in [-0.05, 0) is 33.9 Å². The van der Waals surface area contributed by atoms with Gasteiger partial charge in [0, 0.05) is 0 Å². The zero-order valence-electron chi connectivity index (χ0n) is 20.8. The number of nitrogens with zero attached hydrogens (tertiary/aromatic N) is 2. The van der Waals surface area contributed by atoms with Crippen LogP contribution < -0.4 is 12.4 Å². The fourth-order valence-electron chi connectivity index (χ4n) is 3.00. The predicted molar refractivity (Wildman–Crippen MR) is 124 cm³/mol. The van der Waals surface area contributed by atoms with Gasteiger partial charge in [-0.2, -0.15) is 0 Å². The molecule has 0 bridgehead atoms. The molecule has 0 spiro atoms. The number of carboxylic acids is 1. The molecule has 0 aromatic heterocycles. The summed E-state index contributed by atoms with van der Waals surface area (Å²) in [6.07, 6.45) is 20.4. The molecule has 1 unspecified atom stereocenters. The lowest BCUT2D eigenvalue weighted by atomic mass is 10.0. The Bertz CT molecular complexity index is 344. The van der Waals surface area contributed by atoms with Crippen molar-refractivity contribution in [2.45, 2.75) is 110 Å². The second kappa shape index (κ2) is 22.4. The summed E-state index contributed by atoms with van der Waals surface area (Å²) in [6.45, 7) is 5.27.